The molecular formula is C17H24N2S2. The van der Waals surface area contributed by atoms with Crippen LogP contribution in [0.15, 0.2) is 35.3 Å². The molecule has 0 spiro atoms. The summed E-state index contributed by atoms with van der Waals surface area (Å²) in [5.74, 6) is 0. The van der Waals surface area contributed by atoms with Gasteiger partial charge in [0.15, 0.2) is 5.17 Å². The Morgan fingerprint density at radius 1 is 1.24 bits per heavy atom. The molecule has 1 aliphatic carbocycles. The van der Waals surface area contributed by atoms with Crippen molar-refractivity contribution in [3.05, 3.63) is 35.9 Å². The largest absolute Gasteiger partial charge is 0.364 e. The molecule has 2 aliphatic rings. The molecule has 1 saturated carbocycles. The minimum atomic E-state index is 0.437. The lowest BCUT2D eigenvalue weighted by Gasteiger charge is -2.36. The molecule has 1 aromatic carbocycles. The Morgan fingerprint density at radius 2 is 2.00 bits per heavy atom. The van der Waals surface area contributed by atoms with Crippen molar-refractivity contribution in [2.45, 2.75) is 42.1 Å². The number of amidine groups is 1. The second kappa shape index (κ2) is 7.10. The highest BCUT2D eigenvalue weighted by atomic mass is 32.2. The smallest absolute Gasteiger partial charge is 0.157 e. The summed E-state index contributed by atoms with van der Waals surface area (Å²) in [7, 11) is 0. The number of aliphatic imine (C=N–C) groups is 1. The van der Waals surface area contributed by atoms with Crippen LogP contribution in [-0.2, 0) is 0 Å². The monoisotopic (exact) mass is 320 g/mol. The van der Waals surface area contributed by atoms with Crippen molar-refractivity contribution < 1.29 is 0 Å². The summed E-state index contributed by atoms with van der Waals surface area (Å²) in [6, 6.07) is 10.7. The number of benzene rings is 1. The Bertz CT molecular complexity index is 481. The van der Waals surface area contributed by atoms with Gasteiger partial charge in [-0.15, -0.1) is 0 Å². The number of rotatable bonds is 4. The zero-order valence-electron chi connectivity index (χ0n) is 12.7. The van der Waals surface area contributed by atoms with Gasteiger partial charge in [-0.05, 0) is 24.7 Å². The summed E-state index contributed by atoms with van der Waals surface area (Å²) in [6.45, 7) is 1.98. The fourth-order valence-corrected chi connectivity index (χ4v) is 5.13. The van der Waals surface area contributed by atoms with Gasteiger partial charge in [0.05, 0.1) is 11.8 Å². The second-order valence-corrected chi connectivity index (χ2v) is 8.43. The van der Waals surface area contributed by atoms with Gasteiger partial charge in [0.2, 0.25) is 0 Å². The van der Waals surface area contributed by atoms with E-state index in [1.807, 2.05) is 23.5 Å². The fraction of sp³-hybridized carbons (Fsp3) is 0.588. The molecule has 0 aromatic heterocycles. The molecule has 114 valence electrons. The van der Waals surface area contributed by atoms with E-state index in [0.29, 0.717) is 10.00 Å². The Morgan fingerprint density at radius 3 is 2.71 bits per heavy atom. The summed E-state index contributed by atoms with van der Waals surface area (Å²) in [5, 5.41) is 5.27. The highest BCUT2D eigenvalue weighted by Crippen LogP contribution is 2.39. The molecule has 1 fully saturated rings. The van der Waals surface area contributed by atoms with Gasteiger partial charge in [-0.1, -0.05) is 61.4 Å². The van der Waals surface area contributed by atoms with Gasteiger partial charge in [-0.25, -0.2) is 0 Å². The van der Waals surface area contributed by atoms with Crippen molar-refractivity contribution >= 4 is 28.7 Å². The van der Waals surface area contributed by atoms with Crippen LogP contribution in [0.4, 0.5) is 0 Å². The molecule has 4 heteroatoms. The van der Waals surface area contributed by atoms with Crippen LogP contribution in [0.1, 0.15) is 42.9 Å². The van der Waals surface area contributed by atoms with Crippen LogP contribution in [-0.4, -0.2) is 29.3 Å². The van der Waals surface area contributed by atoms with E-state index in [2.05, 4.69) is 41.9 Å². The average molecular weight is 321 g/mol. The van der Waals surface area contributed by atoms with Crippen molar-refractivity contribution in [3.8, 4) is 0 Å². The lowest BCUT2D eigenvalue weighted by Crippen LogP contribution is -2.40. The predicted octanol–water partition coefficient (Wildman–Crippen LogP) is 4.49. The van der Waals surface area contributed by atoms with Gasteiger partial charge in [-0.3, -0.25) is 4.99 Å². The second-order valence-electron chi connectivity index (χ2n) is 5.96. The van der Waals surface area contributed by atoms with Crippen LogP contribution in [0.5, 0.6) is 0 Å². The normalized spacial score (nSPS) is 24.6. The number of nitrogens with one attached hydrogen (secondary N) is 1. The fourth-order valence-electron chi connectivity index (χ4n) is 3.20. The Labute approximate surface area is 136 Å². The molecule has 1 atom stereocenters. The maximum atomic E-state index is 4.70. The zero-order valence-corrected chi connectivity index (χ0v) is 14.3. The van der Waals surface area contributed by atoms with Crippen molar-refractivity contribution in [3.63, 3.8) is 0 Å². The summed E-state index contributed by atoms with van der Waals surface area (Å²) >= 11 is 3.94. The van der Waals surface area contributed by atoms with Crippen molar-refractivity contribution in [1.82, 2.24) is 5.32 Å². The first-order chi connectivity index (χ1) is 10.3. The summed E-state index contributed by atoms with van der Waals surface area (Å²) in [5.41, 5.74) is 1.39. The van der Waals surface area contributed by atoms with Gasteiger partial charge in [0, 0.05) is 11.3 Å². The molecule has 0 bridgehead atoms. The minimum absolute atomic E-state index is 0.437. The molecule has 21 heavy (non-hydrogen) atoms. The third kappa shape index (κ3) is 3.78. The molecule has 2 nitrogen and oxygen atoms in total. The topological polar surface area (TPSA) is 24.4 Å². The van der Waals surface area contributed by atoms with Crippen molar-refractivity contribution in [2.75, 3.05) is 19.3 Å². The first-order valence-electron chi connectivity index (χ1n) is 7.86. The first-order valence-corrected chi connectivity index (χ1v) is 9.97. The molecule has 1 N–H and O–H groups in total. The molecular weight excluding hydrogens is 296 g/mol. The predicted molar refractivity (Wildman–Crippen MR) is 96.4 cm³/mol. The quantitative estimate of drug-likeness (QED) is 0.885. The standard InChI is InChI=1S/C17H24N2S2/c1-20-17(10-6-3-7-11-17)13-19-16-18-12-15(21-16)14-8-4-2-5-9-14/h2,4-5,8-9,15H,3,6-7,10-13H2,1H3,(H,18,19). The maximum absolute atomic E-state index is 4.70. The van der Waals surface area contributed by atoms with Crippen LogP contribution in [0.25, 0.3) is 0 Å². The molecule has 0 amide bonds. The summed E-state index contributed by atoms with van der Waals surface area (Å²) in [4.78, 5) is 4.70. The van der Waals surface area contributed by atoms with Crippen LogP contribution in [0.3, 0.4) is 0 Å². The molecule has 0 saturated heterocycles. The maximum Gasteiger partial charge on any atom is 0.157 e. The van der Waals surface area contributed by atoms with E-state index >= 15 is 0 Å². The molecule has 1 aliphatic heterocycles. The zero-order chi connectivity index (χ0) is 14.5. The lowest BCUT2D eigenvalue weighted by molar-refractivity contribution is 0.395. The highest BCUT2D eigenvalue weighted by Gasteiger charge is 2.32. The van der Waals surface area contributed by atoms with E-state index in [9.17, 15) is 0 Å². The number of hydrogen-bond donors (Lipinski definition) is 1. The van der Waals surface area contributed by atoms with Gasteiger partial charge in [0.25, 0.3) is 0 Å². The average Bonchev–Trinajstić information content (AvgIpc) is 3.04. The van der Waals surface area contributed by atoms with E-state index in [1.165, 1.54) is 37.7 Å². The lowest BCUT2D eigenvalue weighted by atomic mass is 9.88. The molecule has 0 radical (unpaired) electrons. The molecule has 1 unspecified atom stereocenters. The summed E-state index contributed by atoms with van der Waals surface area (Å²) in [6.07, 6.45) is 9.14. The van der Waals surface area contributed by atoms with Gasteiger partial charge in [-0.2, -0.15) is 11.8 Å². The molecule has 1 aromatic rings. The van der Waals surface area contributed by atoms with Gasteiger partial charge in [0.1, 0.15) is 0 Å². The Balaban J connectivity index is 1.53. The Hall–Kier alpha value is -0.610. The van der Waals surface area contributed by atoms with Gasteiger partial charge >= 0.3 is 0 Å². The number of nitrogens with zero attached hydrogens (tertiary/aromatic N) is 1. The van der Waals surface area contributed by atoms with Crippen molar-refractivity contribution in [2.24, 2.45) is 4.99 Å². The van der Waals surface area contributed by atoms with Crippen molar-refractivity contribution in [1.29, 1.82) is 0 Å². The molecule has 1 heterocycles. The minimum Gasteiger partial charge on any atom is -0.364 e. The van der Waals surface area contributed by atoms with E-state index in [0.717, 1.165) is 18.3 Å². The van der Waals surface area contributed by atoms with E-state index in [-0.39, 0.29) is 0 Å². The number of hydrogen-bond acceptors (Lipinski definition) is 4. The van der Waals surface area contributed by atoms with Crippen LogP contribution in [0, 0.1) is 0 Å². The third-order valence-electron chi connectivity index (χ3n) is 4.59. The first kappa shape index (κ1) is 15.3. The Kier molecular flexibility index (Phi) is 5.17. The number of thioether (sulfide) groups is 2. The van der Waals surface area contributed by atoms with Crippen LogP contribution >= 0.6 is 23.5 Å². The third-order valence-corrected chi connectivity index (χ3v) is 7.21. The van der Waals surface area contributed by atoms with E-state index in [4.69, 9.17) is 4.99 Å². The van der Waals surface area contributed by atoms with Gasteiger partial charge < -0.3 is 5.32 Å². The van der Waals surface area contributed by atoms with Crippen LogP contribution in [0.2, 0.25) is 0 Å². The van der Waals surface area contributed by atoms with Crippen LogP contribution < -0.4 is 5.32 Å². The molecule has 3 rings (SSSR count). The SMILES string of the molecule is CSC1(CNC2=NCC(c3ccccc3)S2)CCCCC1. The summed E-state index contributed by atoms with van der Waals surface area (Å²) < 4.78 is 0.437. The highest BCUT2D eigenvalue weighted by molar-refractivity contribution is 8.14. The van der Waals surface area contributed by atoms with E-state index in [1.54, 1.807) is 0 Å². The van der Waals surface area contributed by atoms with E-state index < -0.39 is 0 Å².